The van der Waals surface area contributed by atoms with Gasteiger partial charge in [0, 0.05) is 38.0 Å². The second-order valence-corrected chi connectivity index (χ2v) is 6.54. The molecule has 1 rings (SSSR count). The maximum Gasteiger partial charge on any atom is 0.151 e. The molecule has 1 aliphatic heterocycles. The molecule has 0 saturated carbocycles. The number of rotatable bonds is 5. The molecule has 1 atom stereocenters. The Balaban J connectivity index is 0.00000225. The summed E-state index contributed by atoms with van der Waals surface area (Å²) in [7, 11) is -2.82. The first-order valence-corrected chi connectivity index (χ1v) is 7.52. The van der Waals surface area contributed by atoms with Gasteiger partial charge in [0.05, 0.1) is 5.75 Å². The number of sulfone groups is 1. The molecule has 1 N–H and O–H groups in total. The number of piperazine rings is 1. The minimum atomic E-state index is -2.82. The van der Waals surface area contributed by atoms with Crippen molar-refractivity contribution in [1.82, 2.24) is 10.2 Å². The molecule has 4 nitrogen and oxygen atoms in total. The largest absolute Gasteiger partial charge is 0.314 e. The van der Waals surface area contributed by atoms with Crippen LogP contribution in [0.5, 0.6) is 0 Å². The molecule has 0 aromatic rings. The zero-order valence-corrected chi connectivity index (χ0v) is 11.7. The third kappa shape index (κ3) is 5.48. The third-order valence-corrected chi connectivity index (χ3v) is 4.68. The molecular formula is C10H23ClN2O2S. The monoisotopic (exact) mass is 270 g/mol. The zero-order valence-electron chi connectivity index (χ0n) is 10.1. The van der Waals surface area contributed by atoms with Crippen LogP contribution in [0.3, 0.4) is 0 Å². The van der Waals surface area contributed by atoms with E-state index in [4.69, 9.17) is 0 Å². The van der Waals surface area contributed by atoms with Gasteiger partial charge in [0.15, 0.2) is 9.84 Å². The first-order valence-electron chi connectivity index (χ1n) is 5.70. The Kier molecular flexibility index (Phi) is 7.55. The van der Waals surface area contributed by atoms with Crippen molar-refractivity contribution >= 4 is 22.2 Å². The van der Waals surface area contributed by atoms with Gasteiger partial charge in [0.25, 0.3) is 0 Å². The van der Waals surface area contributed by atoms with E-state index < -0.39 is 9.84 Å². The summed E-state index contributed by atoms with van der Waals surface area (Å²) in [5.41, 5.74) is 0. The van der Waals surface area contributed by atoms with Gasteiger partial charge in [-0.1, -0.05) is 6.92 Å². The quantitative estimate of drug-likeness (QED) is 0.792. The second kappa shape index (κ2) is 7.48. The van der Waals surface area contributed by atoms with E-state index in [2.05, 4.69) is 17.1 Å². The molecular weight excluding hydrogens is 248 g/mol. The summed E-state index contributed by atoms with van der Waals surface area (Å²) >= 11 is 0. The van der Waals surface area contributed by atoms with Crippen molar-refractivity contribution in [3.05, 3.63) is 0 Å². The van der Waals surface area contributed by atoms with Gasteiger partial charge in [0.2, 0.25) is 0 Å². The molecule has 0 aliphatic carbocycles. The van der Waals surface area contributed by atoms with Gasteiger partial charge < -0.3 is 5.32 Å². The molecule has 0 bridgehead atoms. The highest BCUT2D eigenvalue weighted by Gasteiger charge is 2.19. The predicted molar refractivity (Wildman–Crippen MR) is 70.1 cm³/mol. The molecule has 0 amide bonds. The Labute approximate surface area is 105 Å². The molecule has 16 heavy (non-hydrogen) atoms. The standard InChI is InChI=1S/C10H22N2O2S.ClH/c1-3-7-15(13,14)8-6-12-5-4-11-9-10(12)2;/h10-11H,3-9H2,1-2H3;1H/t10-;/m1./s1. The fraction of sp³-hybridized carbons (Fsp3) is 1.00. The predicted octanol–water partition coefficient (Wildman–Crippen LogP) is 0.527. The molecule has 1 saturated heterocycles. The van der Waals surface area contributed by atoms with Gasteiger partial charge in [-0.05, 0) is 13.3 Å². The summed E-state index contributed by atoms with van der Waals surface area (Å²) in [6.45, 7) is 7.63. The number of hydrogen-bond donors (Lipinski definition) is 1. The normalized spacial score (nSPS) is 22.8. The van der Waals surface area contributed by atoms with E-state index in [0.29, 0.717) is 24.1 Å². The van der Waals surface area contributed by atoms with Crippen LogP contribution in [0.25, 0.3) is 0 Å². The van der Waals surface area contributed by atoms with Crippen molar-refractivity contribution in [3.63, 3.8) is 0 Å². The van der Waals surface area contributed by atoms with Crippen molar-refractivity contribution in [2.75, 3.05) is 37.7 Å². The van der Waals surface area contributed by atoms with Crippen molar-refractivity contribution in [1.29, 1.82) is 0 Å². The number of nitrogens with one attached hydrogen (secondary N) is 1. The minimum Gasteiger partial charge on any atom is -0.314 e. The highest BCUT2D eigenvalue weighted by atomic mass is 35.5. The van der Waals surface area contributed by atoms with Gasteiger partial charge in [-0.3, -0.25) is 4.90 Å². The average molecular weight is 271 g/mol. The Morgan fingerprint density at radius 1 is 1.38 bits per heavy atom. The van der Waals surface area contributed by atoms with Crippen LogP contribution < -0.4 is 5.32 Å². The Morgan fingerprint density at radius 3 is 2.62 bits per heavy atom. The molecule has 0 spiro atoms. The average Bonchev–Trinajstić information content (AvgIpc) is 2.16. The van der Waals surface area contributed by atoms with Gasteiger partial charge >= 0.3 is 0 Å². The van der Waals surface area contributed by atoms with E-state index in [1.807, 2.05) is 6.92 Å². The van der Waals surface area contributed by atoms with Crippen molar-refractivity contribution in [2.45, 2.75) is 26.3 Å². The molecule has 0 aromatic carbocycles. The summed E-state index contributed by atoms with van der Waals surface area (Å²) in [4.78, 5) is 2.25. The SMILES string of the molecule is CCCS(=O)(=O)CCN1CCNC[C@H]1C.Cl. The fourth-order valence-corrected chi connectivity index (χ4v) is 3.22. The topological polar surface area (TPSA) is 49.4 Å². The Hall–Kier alpha value is 0.160. The lowest BCUT2D eigenvalue weighted by Gasteiger charge is -2.33. The van der Waals surface area contributed by atoms with E-state index in [1.54, 1.807) is 0 Å². The molecule has 0 unspecified atom stereocenters. The Bertz CT molecular complexity index is 283. The summed E-state index contributed by atoms with van der Waals surface area (Å²) < 4.78 is 23.1. The van der Waals surface area contributed by atoms with Crippen LogP contribution in [0.4, 0.5) is 0 Å². The maximum atomic E-state index is 11.5. The third-order valence-electron chi connectivity index (χ3n) is 2.84. The molecule has 1 fully saturated rings. The van der Waals surface area contributed by atoms with Crippen LogP contribution in [0.1, 0.15) is 20.3 Å². The molecule has 1 aliphatic rings. The van der Waals surface area contributed by atoms with Crippen LogP contribution in [0, 0.1) is 0 Å². The number of nitrogens with zero attached hydrogens (tertiary/aromatic N) is 1. The summed E-state index contributed by atoms with van der Waals surface area (Å²) in [6.07, 6.45) is 0.722. The second-order valence-electron chi connectivity index (χ2n) is 4.24. The van der Waals surface area contributed by atoms with Gasteiger partial charge in [-0.15, -0.1) is 12.4 Å². The zero-order chi connectivity index (χ0) is 11.3. The number of hydrogen-bond acceptors (Lipinski definition) is 4. The number of halogens is 1. The summed E-state index contributed by atoms with van der Waals surface area (Å²) in [5.74, 6) is 0.638. The van der Waals surface area contributed by atoms with Crippen molar-refractivity contribution < 1.29 is 8.42 Å². The first-order chi connectivity index (χ1) is 7.05. The van der Waals surface area contributed by atoms with Crippen LogP contribution in [-0.2, 0) is 9.84 Å². The molecule has 98 valence electrons. The molecule has 6 heteroatoms. The highest BCUT2D eigenvalue weighted by Crippen LogP contribution is 2.03. The van der Waals surface area contributed by atoms with Gasteiger partial charge in [-0.2, -0.15) is 0 Å². The van der Waals surface area contributed by atoms with E-state index in [-0.39, 0.29) is 12.4 Å². The van der Waals surface area contributed by atoms with Crippen molar-refractivity contribution in [3.8, 4) is 0 Å². The molecule has 0 radical (unpaired) electrons. The van der Waals surface area contributed by atoms with E-state index in [0.717, 1.165) is 26.1 Å². The van der Waals surface area contributed by atoms with Crippen LogP contribution in [0.2, 0.25) is 0 Å². The summed E-state index contributed by atoms with van der Waals surface area (Å²) in [5, 5.41) is 3.30. The smallest absolute Gasteiger partial charge is 0.151 e. The fourth-order valence-electron chi connectivity index (χ4n) is 1.88. The van der Waals surface area contributed by atoms with Crippen LogP contribution in [0.15, 0.2) is 0 Å². The maximum absolute atomic E-state index is 11.5. The van der Waals surface area contributed by atoms with E-state index >= 15 is 0 Å². The van der Waals surface area contributed by atoms with E-state index in [1.165, 1.54) is 0 Å². The van der Waals surface area contributed by atoms with E-state index in [9.17, 15) is 8.42 Å². The van der Waals surface area contributed by atoms with Crippen molar-refractivity contribution in [2.24, 2.45) is 0 Å². The van der Waals surface area contributed by atoms with Gasteiger partial charge in [0.1, 0.15) is 0 Å². The lowest BCUT2D eigenvalue weighted by atomic mass is 10.2. The lowest BCUT2D eigenvalue weighted by molar-refractivity contribution is 0.184. The van der Waals surface area contributed by atoms with Crippen LogP contribution in [-0.4, -0.2) is 57.0 Å². The van der Waals surface area contributed by atoms with Gasteiger partial charge in [-0.25, -0.2) is 8.42 Å². The summed E-state index contributed by atoms with van der Waals surface area (Å²) in [6, 6.07) is 0.454. The molecule has 1 heterocycles. The molecule has 0 aromatic heterocycles. The first kappa shape index (κ1) is 16.2. The Morgan fingerprint density at radius 2 is 2.06 bits per heavy atom. The minimum absolute atomic E-state index is 0. The highest BCUT2D eigenvalue weighted by molar-refractivity contribution is 7.91. The van der Waals surface area contributed by atoms with Crippen LogP contribution >= 0.6 is 12.4 Å². The lowest BCUT2D eigenvalue weighted by Crippen LogP contribution is -2.51.